The van der Waals surface area contributed by atoms with Gasteiger partial charge in [0.1, 0.15) is 23.7 Å². The molecule has 2 aromatic rings. The zero-order valence-electron chi connectivity index (χ0n) is 17.1. The highest BCUT2D eigenvalue weighted by Gasteiger charge is 2.27. The minimum Gasteiger partial charge on any atom is -0.497 e. The molecule has 0 bridgehead atoms. The van der Waals surface area contributed by atoms with Gasteiger partial charge in [0.05, 0.1) is 14.2 Å². The Morgan fingerprint density at radius 3 is 2.17 bits per heavy atom. The predicted molar refractivity (Wildman–Crippen MR) is 108 cm³/mol. The van der Waals surface area contributed by atoms with Gasteiger partial charge in [-0.05, 0) is 29.3 Å². The van der Waals surface area contributed by atoms with Crippen LogP contribution in [0.2, 0.25) is 0 Å². The van der Waals surface area contributed by atoms with Gasteiger partial charge >= 0.3 is 5.97 Å². The maximum absolute atomic E-state index is 14.0. The van der Waals surface area contributed by atoms with Gasteiger partial charge in [-0.15, -0.1) is 0 Å². The highest BCUT2D eigenvalue weighted by molar-refractivity contribution is 5.90. The van der Waals surface area contributed by atoms with Gasteiger partial charge in [0.2, 0.25) is 11.8 Å². The average Bonchev–Trinajstić information content (AvgIpc) is 2.73. The van der Waals surface area contributed by atoms with E-state index in [0.29, 0.717) is 5.75 Å². The molecule has 0 aromatic heterocycles. The number of methoxy groups -OCH3 is 2. The van der Waals surface area contributed by atoms with Crippen LogP contribution < -0.4 is 15.4 Å². The van der Waals surface area contributed by atoms with Crippen molar-refractivity contribution in [3.63, 3.8) is 0 Å². The molecule has 0 spiro atoms. The third-order valence-electron chi connectivity index (χ3n) is 4.48. The second-order valence-electron chi connectivity index (χ2n) is 6.69. The van der Waals surface area contributed by atoms with Crippen LogP contribution in [0.1, 0.15) is 18.1 Å². The second kappa shape index (κ2) is 10.9. The van der Waals surface area contributed by atoms with E-state index in [9.17, 15) is 18.8 Å². The van der Waals surface area contributed by atoms with Gasteiger partial charge < -0.3 is 20.1 Å². The van der Waals surface area contributed by atoms with Crippen LogP contribution in [-0.4, -0.2) is 44.1 Å². The molecular weight excluding hydrogens is 391 g/mol. The fourth-order valence-electron chi connectivity index (χ4n) is 2.94. The standard InChI is InChI=1S/C22H25FN2O5/c1-14(26)24-19(13-16-6-4-5-7-18(16)23)21(27)25-20(22(28)30-3)12-15-8-10-17(29-2)11-9-15/h4-11,19-20H,12-13H2,1-3H3,(H,24,26)(H,25,27)/t19-,20+/m1/s1. The van der Waals surface area contributed by atoms with Gasteiger partial charge in [0.15, 0.2) is 0 Å². The Balaban J connectivity index is 2.17. The molecule has 0 aliphatic heterocycles. The van der Waals surface area contributed by atoms with Crippen LogP contribution in [-0.2, 0) is 32.0 Å². The predicted octanol–water partition coefficient (Wildman–Crippen LogP) is 1.78. The van der Waals surface area contributed by atoms with E-state index in [0.717, 1.165) is 5.56 Å². The van der Waals surface area contributed by atoms with Crippen molar-refractivity contribution in [1.82, 2.24) is 10.6 Å². The van der Waals surface area contributed by atoms with Crippen LogP contribution in [0.15, 0.2) is 48.5 Å². The number of carbonyl (C=O) groups excluding carboxylic acids is 3. The molecule has 0 aliphatic carbocycles. The fraction of sp³-hybridized carbons (Fsp3) is 0.318. The number of benzene rings is 2. The Kier molecular flexibility index (Phi) is 8.34. The number of hydrogen-bond acceptors (Lipinski definition) is 5. The smallest absolute Gasteiger partial charge is 0.328 e. The zero-order valence-corrected chi connectivity index (χ0v) is 17.1. The van der Waals surface area contributed by atoms with E-state index in [-0.39, 0.29) is 18.4 Å². The van der Waals surface area contributed by atoms with Gasteiger partial charge in [-0.25, -0.2) is 9.18 Å². The first-order valence-electron chi connectivity index (χ1n) is 9.35. The largest absolute Gasteiger partial charge is 0.497 e. The van der Waals surface area contributed by atoms with Crippen LogP contribution in [0.3, 0.4) is 0 Å². The van der Waals surface area contributed by atoms with Crippen molar-refractivity contribution in [2.45, 2.75) is 31.8 Å². The van der Waals surface area contributed by atoms with Crippen molar-refractivity contribution in [3.8, 4) is 5.75 Å². The molecule has 0 unspecified atom stereocenters. The fourth-order valence-corrected chi connectivity index (χ4v) is 2.94. The summed E-state index contributed by atoms with van der Waals surface area (Å²) in [4.78, 5) is 36.6. The van der Waals surface area contributed by atoms with Crippen molar-refractivity contribution in [1.29, 1.82) is 0 Å². The summed E-state index contributed by atoms with van der Waals surface area (Å²) in [5, 5.41) is 5.12. The molecule has 2 N–H and O–H groups in total. The van der Waals surface area contributed by atoms with E-state index in [1.165, 1.54) is 32.2 Å². The quantitative estimate of drug-likeness (QED) is 0.608. The minimum atomic E-state index is -1.05. The molecule has 2 amide bonds. The highest BCUT2D eigenvalue weighted by atomic mass is 19.1. The summed E-state index contributed by atoms with van der Waals surface area (Å²) in [7, 11) is 2.77. The lowest BCUT2D eigenvalue weighted by atomic mass is 10.0. The summed E-state index contributed by atoms with van der Waals surface area (Å²) in [6.07, 6.45) is 0.114. The average molecular weight is 416 g/mol. The first-order valence-corrected chi connectivity index (χ1v) is 9.35. The molecule has 160 valence electrons. The molecule has 7 nitrogen and oxygen atoms in total. The lowest BCUT2D eigenvalue weighted by Gasteiger charge is -2.22. The molecule has 0 saturated heterocycles. The molecule has 0 heterocycles. The zero-order chi connectivity index (χ0) is 22.1. The topological polar surface area (TPSA) is 93.7 Å². The number of hydrogen-bond donors (Lipinski definition) is 2. The van der Waals surface area contributed by atoms with Gasteiger partial charge in [-0.3, -0.25) is 9.59 Å². The summed E-state index contributed by atoms with van der Waals surface area (Å²) in [6, 6.07) is 11.0. The van der Waals surface area contributed by atoms with E-state index in [2.05, 4.69) is 10.6 Å². The SMILES string of the molecule is COC(=O)[C@H](Cc1ccc(OC)cc1)NC(=O)[C@@H](Cc1ccccc1F)NC(C)=O. The van der Waals surface area contributed by atoms with Crippen LogP contribution >= 0.6 is 0 Å². The van der Waals surface area contributed by atoms with E-state index in [4.69, 9.17) is 9.47 Å². The Morgan fingerprint density at radius 1 is 0.933 bits per heavy atom. The maximum Gasteiger partial charge on any atom is 0.328 e. The number of amides is 2. The van der Waals surface area contributed by atoms with Gasteiger partial charge in [-0.1, -0.05) is 30.3 Å². The van der Waals surface area contributed by atoms with Crippen LogP contribution in [0.25, 0.3) is 0 Å². The Bertz CT molecular complexity index is 885. The monoisotopic (exact) mass is 416 g/mol. The highest BCUT2D eigenvalue weighted by Crippen LogP contribution is 2.14. The lowest BCUT2D eigenvalue weighted by Crippen LogP contribution is -2.53. The summed E-state index contributed by atoms with van der Waals surface area (Å²) in [5.74, 6) is -1.52. The first-order chi connectivity index (χ1) is 14.3. The summed E-state index contributed by atoms with van der Waals surface area (Å²) in [6.45, 7) is 1.26. The number of nitrogens with one attached hydrogen (secondary N) is 2. The van der Waals surface area contributed by atoms with E-state index >= 15 is 0 Å². The summed E-state index contributed by atoms with van der Waals surface area (Å²) in [5.41, 5.74) is 1.05. The molecule has 2 aromatic carbocycles. The van der Waals surface area contributed by atoms with E-state index in [1.54, 1.807) is 37.4 Å². The van der Waals surface area contributed by atoms with E-state index < -0.39 is 35.7 Å². The number of ether oxygens (including phenoxy) is 2. The summed E-state index contributed by atoms with van der Waals surface area (Å²) < 4.78 is 23.9. The molecular formula is C22H25FN2O5. The Morgan fingerprint density at radius 2 is 1.60 bits per heavy atom. The molecule has 0 fully saturated rings. The molecule has 2 atom stereocenters. The molecule has 0 radical (unpaired) electrons. The Hall–Kier alpha value is -3.42. The molecule has 0 saturated carbocycles. The Labute approximate surface area is 174 Å². The van der Waals surface area contributed by atoms with Crippen molar-refractivity contribution in [2.24, 2.45) is 0 Å². The van der Waals surface area contributed by atoms with Gasteiger partial charge in [0, 0.05) is 19.8 Å². The number of esters is 1. The van der Waals surface area contributed by atoms with Crippen LogP contribution in [0.4, 0.5) is 4.39 Å². The number of rotatable bonds is 9. The van der Waals surface area contributed by atoms with Crippen molar-refractivity contribution < 1.29 is 28.2 Å². The van der Waals surface area contributed by atoms with Crippen LogP contribution in [0, 0.1) is 5.82 Å². The van der Waals surface area contributed by atoms with E-state index in [1.807, 2.05) is 0 Å². The van der Waals surface area contributed by atoms with Gasteiger partial charge in [-0.2, -0.15) is 0 Å². The number of halogens is 1. The van der Waals surface area contributed by atoms with Crippen LogP contribution in [0.5, 0.6) is 5.75 Å². The molecule has 2 rings (SSSR count). The molecule has 8 heteroatoms. The minimum absolute atomic E-state index is 0.0610. The third-order valence-corrected chi connectivity index (χ3v) is 4.48. The first kappa shape index (κ1) is 22.9. The van der Waals surface area contributed by atoms with Crippen molar-refractivity contribution in [2.75, 3.05) is 14.2 Å². The van der Waals surface area contributed by atoms with Crippen molar-refractivity contribution in [3.05, 3.63) is 65.5 Å². The van der Waals surface area contributed by atoms with Gasteiger partial charge in [0.25, 0.3) is 0 Å². The summed E-state index contributed by atoms with van der Waals surface area (Å²) >= 11 is 0. The lowest BCUT2D eigenvalue weighted by molar-refractivity contribution is -0.145. The normalized spacial score (nSPS) is 12.4. The molecule has 0 aliphatic rings. The second-order valence-corrected chi connectivity index (χ2v) is 6.69. The molecule has 30 heavy (non-hydrogen) atoms. The third kappa shape index (κ3) is 6.58. The number of carbonyl (C=O) groups is 3. The van der Waals surface area contributed by atoms with Crippen molar-refractivity contribution >= 4 is 17.8 Å². The maximum atomic E-state index is 14.0.